The van der Waals surface area contributed by atoms with Gasteiger partial charge in [0.2, 0.25) is 0 Å². The minimum absolute atomic E-state index is 0.154. The summed E-state index contributed by atoms with van der Waals surface area (Å²) in [5.74, 6) is 0. The number of nitro groups is 1. The summed E-state index contributed by atoms with van der Waals surface area (Å²) in [4.78, 5) is 15.2. The van der Waals surface area contributed by atoms with Crippen molar-refractivity contribution in [3.63, 3.8) is 0 Å². The molecule has 0 aliphatic heterocycles. The first-order valence-electron chi connectivity index (χ1n) is 7.12. The van der Waals surface area contributed by atoms with Gasteiger partial charge in [-0.2, -0.15) is 5.10 Å². The number of pyridine rings is 1. The Morgan fingerprint density at radius 2 is 2.00 bits per heavy atom. The van der Waals surface area contributed by atoms with E-state index < -0.39 is 0 Å². The lowest BCUT2D eigenvalue weighted by Crippen LogP contribution is -2.10. The van der Waals surface area contributed by atoms with Crippen LogP contribution in [0.25, 0.3) is 0 Å². The Labute approximate surface area is 124 Å². The Hall–Kier alpha value is -2.24. The highest BCUT2D eigenvalue weighted by Gasteiger charge is 2.19. The van der Waals surface area contributed by atoms with Gasteiger partial charge in [-0.3, -0.25) is 19.8 Å². The second-order valence-electron chi connectivity index (χ2n) is 5.11. The molecule has 0 atom stereocenters. The van der Waals surface area contributed by atoms with E-state index in [1.54, 1.807) is 20.0 Å². The molecule has 0 aliphatic rings. The molecule has 0 bridgehead atoms. The number of aryl methyl sites for hydroxylation is 3. The van der Waals surface area contributed by atoms with E-state index in [1.807, 2.05) is 4.68 Å². The molecule has 0 radical (unpaired) electrons. The number of hydrogen-bond donors (Lipinski definition) is 0. The fourth-order valence-corrected chi connectivity index (χ4v) is 2.46. The van der Waals surface area contributed by atoms with Crippen LogP contribution in [-0.2, 0) is 19.4 Å². The van der Waals surface area contributed by atoms with Gasteiger partial charge < -0.3 is 0 Å². The molecule has 0 unspecified atom stereocenters. The SMILES string of the molecule is CCc1cc(CC)n(Cc2ncc(C)c([N+](=O)[O-])c2C)n1. The Morgan fingerprint density at radius 1 is 1.29 bits per heavy atom. The quantitative estimate of drug-likeness (QED) is 0.626. The molecule has 6 nitrogen and oxygen atoms in total. The lowest BCUT2D eigenvalue weighted by atomic mass is 10.1. The van der Waals surface area contributed by atoms with E-state index in [1.165, 1.54) is 0 Å². The van der Waals surface area contributed by atoms with Crippen molar-refractivity contribution in [3.05, 3.63) is 50.6 Å². The van der Waals surface area contributed by atoms with Crippen LogP contribution in [0.5, 0.6) is 0 Å². The first kappa shape index (κ1) is 15.2. The largest absolute Gasteiger partial charge is 0.278 e. The minimum atomic E-state index is -0.336. The molecule has 0 saturated heterocycles. The average molecular weight is 288 g/mol. The number of hydrogen-bond acceptors (Lipinski definition) is 4. The third-order valence-corrected chi connectivity index (χ3v) is 3.70. The van der Waals surface area contributed by atoms with Crippen LogP contribution in [0.2, 0.25) is 0 Å². The Morgan fingerprint density at radius 3 is 2.57 bits per heavy atom. The van der Waals surface area contributed by atoms with Gasteiger partial charge in [-0.25, -0.2) is 0 Å². The number of aromatic nitrogens is 3. The molecule has 0 amide bonds. The van der Waals surface area contributed by atoms with E-state index in [-0.39, 0.29) is 10.6 Å². The zero-order valence-corrected chi connectivity index (χ0v) is 12.9. The van der Waals surface area contributed by atoms with Crippen LogP contribution in [-0.4, -0.2) is 19.7 Å². The molecule has 0 aromatic carbocycles. The van der Waals surface area contributed by atoms with Crippen LogP contribution in [0.3, 0.4) is 0 Å². The van der Waals surface area contributed by atoms with Gasteiger partial charge in [0.1, 0.15) is 0 Å². The van der Waals surface area contributed by atoms with Crippen LogP contribution in [0, 0.1) is 24.0 Å². The van der Waals surface area contributed by atoms with E-state index >= 15 is 0 Å². The molecule has 6 heteroatoms. The summed E-state index contributed by atoms with van der Waals surface area (Å²) in [5, 5.41) is 15.7. The maximum Gasteiger partial charge on any atom is 0.278 e. The van der Waals surface area contributed by atoms with Crippen molar-refractivity contribution in [1.29, 1.82) is 0 Å². The van der Waals surface area contributed by atoms with Gasteiger partial charge in [0, 0.05) is 17.5 Å². The fraction of sp³-hybridized carbons (Fsp3) is 0.467. The molecular weight excluding hydrogens is 268 g/mol. The molecule has 0 fully saturated rings. The Bertz CT molecular complexity index is 677. The first-order valence-corrected chi connectivity index (χ1v) is 7.12. The third kappa shape index (κ3) is 2.94. The van der Waals surface area contributed by atoms with Crippen LogP contribution in [0.15, 0.2) is 12.3 Å². The van der Waals surface area contributed by atoms with Crippen molar-refractivity contribution in [2.75, 3.05) is 0 Å². The summed E-state index contributed by atoms with van der Waals surface area (Å²) in [6.45, 7) is 8.07. The molecule has 2 heterocycles. The zero-order valence-electron chi connectivity index (χ0n) is 12.9. The predicted octanol–water partition coefficient (Wildman–Crippen LogP) is 2.98. The van der Waals surface area contributed by atoms with Crippen molar-refractivity contribution >= 4 is 5.69 Å². The normalized spacial score (nSPS) is 10.9. The summed E-state index contributed by atoms with van der Waals surface area (Å²) in [6, 6.07) is 2.08. The number of rotatable bonds is 5. The van der Waals surface area contributed by atoms with Gasteiger partial charge in [-0.15, -0.1) is 0 Å². The van der Waals surface area contributed by atoms with Crippen molar-refractivity contribution < 1.29 is 4.92 Å². The summed E-state index contributed by atoms with van der Waals surface area (Å²) >= 11 is 0. The van der Waals surface area contributed by atoms with E-state index in [0.717, 1.165) is 24.2 Å². The number of nitrogens with zero attached hydrogens (tertiary/aromatic N) is 4. The van der Waals surface area contributed by atoms with Gasteiger partial charge in [0.15, 0.2) is 0 Å². The lowest BCUT2D eigenvalue weighted by molar-refractivity contribution is -0.386. The highest BCUT2D eigenvalue weighted by molar-refractivity contribution is 5.47. The van der Waals surface area contributed by atoms with Gasteiger partial charge in [-0.1, -0.05) is 13.8 Å². The molecule has 2 aromatic rings. The Kier molecular flexibility index (Phi) is 4.35. The highest BCUT2D eigenvalue weighted by Crippen LogP contribution is 2.24. The first-order chi connectivity index (χ1) is 9.97. The monoisotopic (exact) mass is 288 g/mol. The second-order valence-corrected chi connectivity index (χ2v) is 5.11. The molecule has 21 heavy (non-hydrogen) atoms. The minimum Gasteiger partial charge on any atom is -0.263 e. The van der Waals surface area contributed by atoms with Crippen molar-refractivity contribution in [2.24, 2.45) is 0 Å². The molecule has 112 valence electrons. The maximum atomic E-state index is 11.2. The zero-order chi connectivity index (χ0) is 15.6. The van der Waals surface area contributed by atoms with Crippen LogP contribution >= 0.6 is 0 Å². The summed E-state index contributed by atoms with van der Waals surface area (Å²) in [6.07, 6.45) is 3.32. The molecule has 0 saturated carbocycles. The second kappa shape index (κ2) is 6.03. The molecule has 0 spiro atoms. The predicted molar refractivity (Wildman–Crippen MR) is 80.5 cm³/mol. The molecule has 0 aliphatic carbocycles. The molecule has 2 aromatic heterocycles. The maximum absolute atomic E-state index is 11.2. The third-order valence-electron chi connectivity index (χ3n) is 3.70. The summed E-state index contributed by atoms with van der Waals surface area (Å²) in [7, 11) is 0. The van der Waals surface area contributed by atoms with Gasteiger partial charge >= 0.3 is 0 Å². The summed E-state index contributed by atoms with van der Waals surface area (Å²) in [5.41, 5.74) is 4.22. The lowest BCUT2D eigenvalue weighted by Gasteiger charge is -2.09. The van der Waals surface area contributed by atoms with Gasteiger partial charge in [0.25, 0.3) is 5.69 Å². The molecule has 2 rings (SSSR count). The molecule has 0 N–H and O–H groups in total. The Balaban J connectivity index is 2.43. The highest BCUT2D eigenvalue weighted by atomic mass is 16.6. The smallest absolute Gasteiger partial charge is 0.263 e. The van der Waals surface area contributed by atoms with Crippen molar-refractivity contribution in [3.8, 4) is 0 Å². The summed E-state index contributed by atoms with van der Waals surface area (Å²) < 4.78 is 1.90. The van der Waals surface area contributed by atoms with Crippen molar-refractivity contribution in [1.82, 2.24) is 14.8 Å². The topological polar surface area (TPSA) is 73.8 Å². The van der Waals surface area contributed by atoms with Crippen LogP contribution < -0.4 is 0 Å². The van der Waals surface area contributed by atoms with E-state index in [4.69, 9.17) is 0 Å². The van der Waals surface area contributed by atoms with Crippen LogP contribution in [0.4, 0.5) is 5.69 Å². The van der Waals surface area contributed by atoms with Crippen molar-refractivity contribution in [2.45, 2.75) is 47.1 Å². The van der Waals surface area contributed by atoms with Gasteiger partial charge in [-0.05, 0) is 32.8 Å². The van der Waals surface area contributed by atoms with E-state index in [2.05, 4.69) is 30.0 Å². The fourth-order valence-electron chi connectivity index (χ4n) is 2.46. The van der Waals surface area contributed by atoms with Crippen LogP contribution in [0.1, 0.15) is 42.1 Å². The van der Waals surface area contributed by atoms with Gasteiger partial charge in [0.05, 0.1) is 28.4 Å². The standard InChI is InChI=1S/C15H20N4O2/c1-5-12-7-13(6-2)18(17-12)9-14-11(4)15(19(20)21)10(3)8-16-14/h7-8H,5-6,9H2,1-4H3. The van der Waals surface area contributed by atoms with E-state index in [0.29, 0.717) is 23.4 Å². The molecular formula is C15H20N4O2. The average Bonchev–Trinajstić information content (AvgIpc) is 2.84. The van der Waals surface area contributed by atoms with E-state index in [9.17, 15) is 10.1 Å².